The van der Waals surface area contributed by atoms with Crippen molar-refractivity contribution in [1.29, 1.82) is 5.26 Å². The third-order valence-corrected chi connectivity index (χ3v) is 2.24. The number of hydrogen-bond donors (Lipinski definition) is 0. The van der Waals surface area contributed by atoms with Crippen LogP contribution in [0.2, 0.25) is 0 Å². The Morgan fingerprint density at radius 3 is 2.53 bits per heavy atom. The van der Waals surface area contributed by atoms with Crippen molar-refractivity contribution in [1.82, 2.24) is 9.55 Å². The van der Waals surface area contributed by atoms with Crippen molar-refractivity contribution in [3.63, 3.8) is 0 Å². The second-order valence-corrected chi connectivity index (χ2v) is 4.07. The van der Waals surface area contributed by atoms with E-state index in [0.717, 1.165) is 5.69 Å². The minimum Gasteiger partial charge on any atom is -0.282 e. The summed E-state index contributed by atoms with van der Waals surface area (Å²) in [5.41, 5.74) is 1.35. The molecule has 2 aromatic heterocycles. The van der Waals surface area contributed by atoms with Crippen LogP contribution in [-0.4, -0.2) is 9.55 Å². The molecule has 4 heteroatoms. The zero-order valence-corrected chi connectivity index (χ0v) is 11.4. The van der Waals surface area contributed by atoms with E-state index in [9.17, 15) is 4.79 Å². The molecule has 0 fully saturated rings. The second kappa shape index (κ2) is 7.12. The molecule has 4 nitrogen and oxygen atoms in total. The van der Waals surface area contributed by atoms with Gasteiger partial charge < -0.3 is 0 Å². The van der Waals surface area contributed by atoms with Crippen LogP contribution in [0.25, 0.3) is 5.69 Å². The lowest BCUT2D eigenvalue weighted by Crippen LogP contribution is -2.19. The molecule has 2 rings (SSSR count). The van der Waals surface area contributed by atoms with E-state index in [1.165, 1.54) is 17.1 Å². The highest BCUT2D eigenvalue weighted by Gasteiger charge is 2.03. The molecule has 0 aliphatic carbocycles. The van der Waals surface area contributed by atoms with Crippen molar-refractivity contribution < 1.29 is 0 Å². The average Bonchev–Trinajstić information content (AvgIpc) is 2.41. The first-order valence-corrected chi connectivity index (χ1v) is 6.18. The minimum atomic E-state index is -0.323. The van der Waals surface area contributed by atoms with E-state index in [1.54, 1.807) is 24.5 Å². The molecule has 0 unspecified atom stereocenters. The Balaban J connectivity index is 0.000000550. The molecule has 2 aromatic rings. The van der Waals surface area contributed by atoms with E-state index in [0.29, 0.717) is 5.69 Å². The zero-order chi connectivity index (χ0) is 14.3. The number of nitrogens with zero attached hydrogens (tertiary/aromatic N) is 3. The monoisotopic (exact) mass is 255 g/mol. The molecular weight excluding hydrogens is 238 g/mol. The normalized spacial score (nSPS) is 9.16. The highest BCUT2D eigenvalue weighted by molar-refractivity contribution is 5.34. The molecule has 0 spiro atoms. The summed E-state index contributed by atoms with van der Waals surface area (Å²) in [5, 5.41) is 8.75. The SMILES string of the molecule is CCC.Cc1ccc(-n2cccc(C#N)c2=O)cn1. The first-order chi connectivity index (χ1) is 9.13. The molecule has 19 heavy (non-hydrogen) atoms. The summed E-state index contributed by atoms with van der Waals surface area (Å²) < 4.78 is 1.41. The van der Waals surface area contributed by atoms with Gasteiger partial charge in [0, 0.05) is 11.9 Å². The molecule has 98 valence electrons. The van der Waals surface area contributed by atoms with Crippen molar-refractivity contribution in [2.75, 3.05) is 0 Å². The molecule has 0 N–H and O–H groups in total. The summed E-state index contributed by atoms with van der Waals surface area (Å²) >= 11 is 0. The van der Waals surface area contributed by atoms with Crippen LogP contribution in [0, 0.1) is 18.3 Å². The Labute approximate surface area is 113 Å². The highest BCUT2D eigenvalue weighted by Crippen LogP contribution is 2.04. The predicted octanol–water partition coefficient (Wildman–Crippen LogP) is 2.83. The predicted molar refractivity (Wildman–Crippen MR) is 75.3 cm³/mol. The van der Waals surface area contributed by atoms with Crippen LogP contribution in [0.1, 0.15) is 31.5 Å². The molecule has 0 atom stereocenters. The fourth-order valence-electron chi connectivity index (χ4n) is 1.38. The Hall–Kier alpha value is -2.41. The third kappa shape index (κ3) is 3.78. The smallest absolute Gasteiger partial charge is 0.273 e. The fraction of sp³-hybridized carbons (Fsp3) is 0.267. The van der Waals surface area contributed by atoms with Crippen LogP contribution < -0.4 is 5.56 Å². The molecule has 2 heterocycles. The molecule has 0 radical (unpaired) electrons. The summed E-state index contributed by atoms with van der Waals surface area (Å²) in [5.74, 6) is 0. The van der Waals surface area contributed by atoms with Gasteiger partial charge in [0.25, 0.3) is 5.56 Å². The molecule has 0 saturated carbocycles. The van der Waals surface area contributed by atoms with Crippen molar-refractivity contribution in [3.8, 4) is 11.8 Å². The molecule has 0 saturated heterocycles. The summed E-state index contributed by atoms with van der Waals surface area (Å²) in [6.07, 6.45) is 4.48. The maximum Gasteiger partial charge on any atom is 0.273 e. The van der Waals surface area contributed by atoms with E-state index in [4.69, 9.17) is 5.26 Å². The van der Waals surface area contributed by atoms with Crippen LogP contribution in [0.15, 0.2) is 41.5 Å². The van der Waals surface area contributed by atoms with E-state index in [-0.39, 0.29) is 11.1 Å². The lowest BCUT2D eigenvalue weighted by Gasteiger charge is -2.04. The second-order valence-electron chi connectivity index (χ2n) is 4.07. The van der Waals surface area contributed by atoms with E-state index < -0.39 is 0 Å². The maximum absolute atomic E-state index is 11.8. The van der Waals surface area contributed by atoms with Gasteiger partial charge in [-0.2, -0.15) is 5.26 Å². The topological polar surface area (TPSA) is 58.7 Å². The van der Waals surface area contributed by atoms with Crippen LogP contribution in [-0.2, 0) is 0 Å². The highest BCUT2D eigenvalue weighted by atomic mass is 16.1. The van der Waals surface area contributed by atoms with Gasteiger partial charge in [-0.3, -0.25) is 14.3 Å². The number of aromatic nitrogens is 2. The van der Waals surface area contributed by atoms with Gasteiger partial charge in [0.15, 0.2) is 0 Å². The van der Waals surface area contributed by atoms with E-state index in [2.05, 4.69) is 18.8 Å². The van der Waals surface area contributed by atoms with Crippen LogP contribution in [0.5, 0.6) is 0 Å². The van der Waals surface area contributed by atoms with Gasteiger partial charge in [-0.05, 0) is 31.2 Å². The van der Waals surface area contributed by atoms with Gasteiger partial charge in [0.1, 0.15) is 11.6 Å². The summed E-state index contributed by atoms with van der Waals surface area (Å²) in [4.78, 5) is 15.9. The van der Waals surface area contributed by atoms with Gasteiger partial charge >= 0.3 is 0 Å². The van der Waals surface area contributed by atoms with Gasteiger partial charge in [-0.15, -0.1) is 0 Å². The number of pyridine rings is 2. The molecule has 0 aliphatic rings. The molecule has 0 aliphatic heterocycles. The summed E-state index contributed by atoms with van der Waals surface area (Å²) in [6, 6.07) is 8.65. The number of aryl methyl sites for hydroxylation is 1. The Bertz CT molecular complexity index is 621. The quantitative estimate of drug-likeness (QED) is 0.787. The van der Waals surface area contributed by atoms with Gasteiger partial charge in [0.2, 0.25) is 0 Å². The fourth-order valence-corrected chi connectivity index (χ4v) is 1.38. The van der Waals surface area contributed by atoms with Crippen molar-refractivity contribution in [2.24, 2.45) is 0 Å². The van der Waals surface area contributed by atoms with Crippen molar-refractivity contribution >= 4 is 0 Å². The summed E-state index contributed by atoms with van der Waals surface area (Å²) in [7, 11) is 0. The maximum atomic E-state index is 11.8. The molecular formula is C15H17N3O. The Morgan fingerprint density at radius 1 is 1.32 bits per heavy atom. The average molecular weight is 255 g/mol. The van der Waals surface area contributed by atoms with E-state index >= 15 is 0 Å². The molecule has 0 aromatic carbocycles. The molecule has 0 bridgehead atoms. The van der Waals surface area contributed by atoms with Gasteiger partial charge in [0.05, 0.1) is 11.9 Å². The number of rotatable bonds is 1. The van der Waals surface area contributed by atoms with Crippen molar-refractivity contribution in [2.45, 2.75) is 27.2 Å². The van der Waals surface area contributed by atoms with Crippen molar-refractivity contribution in [3.05, 3.63) is 58.3 Å². The number of hydrogen-bond acceptors (Lipinski definition) is 3. The van der Waals surface area contributed by atoms with E-state index in [1.807, 2.05) is 19.1 Å². The van der Waals surface area contributed by atoms with Crippen LogP contribution in [0.3, 0.4) is 0 Å². The lowest BCUT2D eigenvalue weighted by molar-refractivity contribution is 0.965. The Morgan fingerprint density at radius 2 is 2.00 bits per heavy atom. The summed E-state index contributed by atoms with van der Waals surface area (Å²) in [6.45, 7) is 6.12. The first kappa shape index (κ1) is 14.7. The minimum absolute atomic E-state index is 0.128. The largest absolute Gasteiger partial charge is 0.282 e. The van der Waals surface area contributed by atoms with Crippen LogP contribution in [0.4, 0.5) is 0 Å². The first-order valence-electron chi connectivity index (χ1n) is 6.18. The van der Waals surface area contributed by atoms with Gasteiger partial charge in [-0.25, -0.2) is 0 Å². The Kier molecular flexibility index (Phi) is 5.49. The number of nitriles is 1. The van der Waals surface area contributed by atoms with Crippen LogP contribution >= 0.6 is 0 Å². The van der Waals surface area contributed by atoms with Gasteiger partial charge in [-0.1, -0.05) is 20.3 Å². The zero-order valence-electron chi connectivity index (χ0n) is 11.4. The lowest BCUT2D eigenvalue weighted by atomic mass is 10.3. The third-order valence-electron chi connectivity index (χ3n) is 2.24. The molecule has 0 amide bonds. The standard InChI is InChI=1S/C12H9N3O.C3H8/c1-9-4-5-11(8-14-9)15-6-2-3-10(7-13)12(15)16;1-3-2/h2-6,8H,1H3;3H2,1-2H3.